The number of nitrogens with zero attached hydrogens (tertiary/aromatic N) is 1. The van der Waals surface area contributed by atoms with Gasteiger partial charge >= 0.3 is 0 Å². The molecule has 0 aromatic rings. The normalized spacial score (nSPS) is 16.8. The topological polar surface area (TPSA) is 66.5 Å². The first-order valence-corrected chi connectivity index (χ1v) is 5.72. The van der Waals surface area contributed by atoms with Crippen LogP contribution in [0.25, 0.3) is 0 Å². The molecule has 0 saturated carbocycles. The highest BCUT2D eigenvalue weighted by molar-refractivity contribution is 6.14. The van der Waals surface area contributed by atoms with Crippen LogP contribution in [0.1, 0.15) is 20.8 Å². The van der Waals surface area contributed by atoms with E-state index in [1.807, 2.05) is 6.92 Å². The van der Waals surface area contributed by atoms with Crippen molar-refractivity contribution in [3.05, 3.63) is 12.2 Å². The molecule has 17 heavy (non-hydrogen) atoms. The Morgan fingerprint density at radius 1 is 1.24 bits per heavy atom. The molecule has 0 unspecified atom stereocenters. The lowest BCUT2D eigenvalue weighted by atomic mass is 9.98. The third kappa shape index (κ3) is 3.69. The molecule has 0 spiro atoms. The molecule has 1 rings (SSSR count). The first-order valence-electron chi connectivity index (χ1n) is 5.72. The van der Waals surface area contributed by atoms with Crippen molar-refractivity contribution in [3.8, 4) is 0 Å². The van der Waals surface area contributed by atoms with Crippen molar-refractivity contribution in [1.82, 2.24) is 10.2 Å². The van der Waals surface area contributed by atoms with Crippen LogP contribution in [0.5, 0.6) is 0 Å². The van der Waals surface area contributed by atoms with E-state index in [0.29, 0.717) is 18.4 Å². The van der Waals surface area contributed by atoms with E-state index in [-0.39, 0.29) is 12.5 Å². The SMILES string of the molecule is CC(C)[C@@H](C)CNC(=O)CN1C(=O)C=CC1=O. The minimum absolute atomic E-state index is 0.199. The molecule has 0 radical (unpaired) electrons. The second-order valence-corrected chi connectivity index (χ2v) is 4.62. The monoisotopic (exact) mass is 238 g/mol. The molecule has 0 bridgehead atoms. The van der Waals surface area contributed by atoms with Gasteiger partial charge in [-0.15, -0.1) is 0 Å². The van der Waals surface area contributed by atoms with Crippen LogP contribution in [0, 0.1) is 11.8 Å². The molecule has 5 nitrogen and oxygen atoms in total. The van der Waals surface area contributed by atoms with Gasteiger partial charge in [-0.05, 0) is 11.8 Å². The first-order chi connectivity index (χ1) is 7.91. The third-order valence-corrected chi connectivity index (χ3v) is 2.96. The number of hydrogen-bond donors (Lipinski definition) is 1. The lowest BCUT2D eigenvalue weighted by Gasteiger charge is -2.18. The standard InChI is InChI=1S/C12H18N2O3/c1-8(2)9(3)6-13-10(15)7-14-11(16)4-5-12(14)17/h4-5,8-9H,6-7H2,1-3H3,(H,13,15)/t9-/m0/s1. The van der Waals surface area contributed by atoms with Gasteiger partial charge in [-0.2, -0.15) is 0 Å². The Balaban J connectivity index is 2.35. The Kier molecular flexibility index (Phi) is 4.43. The molecular weight excluding hydrogens is 220 g/mol. The highest BCUT2D eigenvalue weighted by atomic mass is 16.2. The molecule has 5 heteroatoms. The van der Waals surface area contributed by atoms with E-state index >= 15 is 0 Å². The average molecular weight is 238 g/mol. The zero-order valence-corrected chi connectivity index (χ0v) is 10.4. The minimum Gasteiger partial charge on any atom is -0.354 e. The zero-order chi connectivity index (χ0) is 13.0. The van der Waals surface area contributed by atoms with E-state index in [1.165, 1.54) is 12.2 Å². The number of carbonyl (C=O) groups is 3. The molecule has 0 aromatic carbocycles. The smallest absolute Gasteiger partial charge is 0.254 e. The summed E-state index contributed by atoms with van der Waals surface area (Å²) in [6.07, 6.45) is 2.35. The summed E-state index contributed by atoms with van der Waals surface area (Å²) < 4.78 is 0. The number of rotatable bonds is 5. The lowest BCUT2D eigenvalue weighted by Crippen LogP contribution is -2.41. The van der Waals surface area contributed by atoms with Gasteiger partial charge in [0.25, 0.3) is 11.8 Å². The van der Waals surface area contributed by atoms with Gasteiger partial charge in [0.1, 0.15) is 6.54 Å². The first kappa shape index (κ1) is 13.4. The Hall–Kier alpha value is -1.65. The van der Waals surface area contributed by atoms with Gasteiger partial charge in [0.05, 0.1) is 0 Å². The van der Waals surface area contributed by atoms with E-state index in [0.717, 1.165) is 4.90 Å². The van der Waals surface area contributed by atoms with Crippen molar-refractivity contribution in [2.75, 3.05) is 13.1 Å². The molecule has 0 aliphatic carbocycles. The molecule has 1 aliphatic rings. The average Bonchev–Trinajstić information content (AvgIpc) is 2.57. The quantitative estimate of drug-likeness (QED) is 0.701. The van der Waals surface area contributed by atoms with Crippen LogP contribution in [-0.4, -0.2) is 35.7 Å². The molecule has 0 saturated heterocycles. The summed E-state index contributed by atoms with van der Waals surface area (Å²) in [6.45, 7) is 6.55. The summed E-state index contributed by atoms with van der Waals surface area (Å²) in [6, 6.07) is 0. The van der Waals surface area contributed by atoms with E-state index in [1.54, 1.807) is 0 Å². The van der Waals surface area contributed by atoms with Crippen molar-refractivity contribution < 1.29 is 14.4 Å². The maximum absolute atomic E-state index is 11.5. The molecule has 0 aromatic heterocycles. The molecule has 0 fully saturated rings. The van der Waals surface area contributed by atoms with Crippen LogP contribution in [0.2, 0.25) is 0 Å². The van der Waals surface area contributed by atoms with Gasteiger partial charge < -0.3 is 5.32 Å². The number of carbonyl (C=O) groups excluding carboxylic acids is 3. The van der Waals surface area contributed by atoms with Crippen LogP contribution < -0.4 is 5.32 Å². The highest BCUT2D eigenvalue weighted by Crippen LogP contribution is 2.07. The largest absolute Gasteiger partial charge is 0.354 e. The Bertz CT molecular complexity index is 343. The number of imide groups is 1. The summed E-state index contributed by atoms with van der Waals surface area (Å²) in [5, 5.41) is 2.72. The Morgan fingerprint density at radius 3 is 2.24 bits per heavy atom. The maximum atomic E-state index is 11.5. The van der Waals surface area contributed by atoms with Crippen LogP contribution in [0.4, 0.5) is 0 Å². The van der Waals surface area contributed by atoms with Crippen molar-refractivity contribution in [2.24, 2.45) is 11.8 Å². The van der Waals surface area contributed by atoms with E-state index < -0.39 is 11.8 Å². The Labute approximate surface area is 101 Å². The zero-order valence-electron chi connectivity index (χ0n) is 10.4. The molecule has 1 N–H and O–H groups in total. The third-order valence-electron chi connectivity index (χ3n) is 2.96. The predicted octanol–water partition coefficient (Wildman–Crippen LogP) is 0.320. The predicted molar refractivity (Wildman–Crippen MR) is 62.9 cm³/mol. The van der Waals surface area contributed by atoms with E-state index in [4.69, 9.17) is 0 Å². The fourth-order valence-electron chi connectivity index (χ4n) is 1.30. The van der Waals surface area contributed by atoms with Gasteiger partial charge in [0, 0.05) is 18.7 Å². The number of hydrogen-bond acceptors (Lipinski definition) is 3. The summed E-state index contributed by atoms with van der Waals surface area (Å²) in [5.41, 5.74) is 0. The van der Waals surface area contributed by atoms with Gasteiger partial charge in [-0.3, -0.25) is 19.3 Å². The van der Waals surface area contributed by atoms with Crippen LogP contribution in [0.3, 0.4) is 0 Å². The second-order valence-electron chi connectivity index (χ2n) is 4.62. The van der Waals surface area contributed by atoms with Crippen molar-refractivity contribution in [2.45, 2.75) is 20.8 Å². The summed E-state index contributed by atoms with van der Waals surface area (Å²) in [4.78, 5) is 34.9. The molecule has 1 aliphatic heterocycles. The number of nitrogens with one attached hydrogen (secondary N) is 1. The van der Waals surface area contributed by atoms with Gasteiger partial charge in [0.2, 0.25) is 5.91 Å². The molecule has 1 heterocycles. The van der Waals surface area contributed by atoms with Crippen molar-refractivity contribution >= 4 is 17.7 Å². The molecule has 3 amide bonds. The van der Waals surface area contributed by atoms with Crippen molar-refractivity contribution in [1.29, 1.82) is 0 Å². The Morgan fingerprint density at radius 2 is 1.76 bits per heavy atom. The second kappa shape index (κ2) is 5.61. The summed E-state index contributed by atoms with van der Waals surface area (Å²) >= 11 is 0. The fourth-order valence-corrected chi connectivity index (χ4v) is 1.30. The van der Waals surface area contributed by atoms with Gasteiger partial charge in [-0.1, -0.05) is 20.8 Å². The molecule has 94 valence electrons. The molecular formula is C12H18N2O3. The maximum Gasteiger partial charge on any atom is 0.254 e. The minimum atomic E-state index is -0.429. The van der Waals surface area contributed by atoms with Crippen LogP contribution in [0.15, 0.2) is 12.2 Å². The van der Waals surface area contributed by atoms with Crippen molar-refractivity contribution in [3.63, 3.8) is 0 Å². The van der Waals surface area contributed by atoms with Crippen LogP contribution >= 0.6 is 0 Å². The van der Waals surface area contributed by atoms with Gasteiger partial charge in [0.15, 0.2) is 0 Å². The molecule has 1 atom stereocenters. The number of amides is 3. The fraction of sp³-hybridized carbons (Fsp3) is 0.583. The van der Waals surface area contributed by atoms with Gasteiger partial charge in [-0.25, -0.2) is 0 Å². The highest BCUT2D eigenvalue weighted by Gasteiger charge is 2.25. The summed E-state index contributed by atoms with van der Waals surface area (Å²) in [5.74, 6) is -0.318. The summed E-state index contributed by atoms with van der Waals surface area (Å²) in [7, 11) is 0. The lowest BCUT2D eigenvalue weighted by molar-refractivity contribution is -0.141. The van der Waals surface area contributed by atoms with E-state index in [2.05, 4.69) is 19.2 Å². The van der Waals surface area contributed by atoms with E-state index in [9.17, 15) is 14.4 Å². The van der Waals surface area contributed by atoms with Crippen LogP contribution in [-0.2, 0) is 14.4 Å².